The Morgan fingerprint density at radius 1 is 1.62 bits per heavy atom. The number of phenolic OH excluding ortho intramolecular Hbond substituents is 2. The van der Waals surface area contributed by atoms with E-state index in [1.54, 1.807) is 0 Å². The van der Waals surface area contributed by atoms with Gasteiger partial charge >= 0.3 is 5.97 Å². The van der Waals surface area contributed by atoms with Gasteiger partial charge in [-0.05, 0) is 31.0 Å². The van der Waals surface area contributed by atoms with E-state index in [1.807, 2.05) is 0 Å². The molecule has 88 valence electrons. The molecule has 0 heterocycles. The molecule has 0 fully saturated rings. The summed E-state index contributed by atoms with van der Waals surface area (Å²) in [6.45, 7) is 1.48. The molecule has 0 radical (unpaired) electrons. The average Bonchev–Trinajstić information content (AvgIpc) is 2.32. The first-order chi connectivity index (χ1) is 8.64. The molecule has 5 heteroatoms. The molecule has 0 saturated carbocycles. The molecule has 0 aliphatic rings. The Labute approximate surface area is 97.7 Å². The molecule has 0 saturated heterocycles. The average molecular weight is 228 g/mol. The lowest BCUT2D eigenvalue weighted by Gasteiger charge is -2.10. The molecule has 1 unspecified atom stereocenters. The van der Waals surface area contributed by atoms with E-state index >= 15 is 0 Å². The van der Waals surface area contributed by atoms with Gasteiger partial charge in [-0.15, -0.1) is 0 Å². The largest absolute Gasteiger partial charge is 0.504 e. The van der Waals surface area contributed by atoms with Gasteiger partial charge in [0.15, 0.2) is 11.5 Å². The number of nitrogens with two attached hydrogens (primary N) is 1. The third-order valence-corrected chi connectivity index (χ3v) is 1.75. The molecule has 0 aliphatic heterocycles. The van der Waals surface area contributed by atoms with Crippen molar-refractivity contribution in [3.8, 4) is 11.5 Å². The fraction of sp³-hybridized carbons (Fsp3) is 0.364. The van der Waals surface area contributed by atoms with Crippen molar-refractivity contribution in [3.05, 3.63) is 23.8 Å². The van der Waals surface area contributed by atoms with E-state index in [4.69, 9.17) is 15.0 Å². The van der Waals surface area contributed by atoms with E-state index < -0.39 is 29.9 Å². The molecule has 1 aromatic carbocycles. The monoisotopic (exact) mass is 228 g/mol. The first-order valence-electron chi connectivity index (χ1n) is 6.13. The van der Waals surface area contributed by atoms with Crippen LogP contribution in [-0.4, -0.2) is 28.8 Å². The minimum absolute atomic E-state index is 0.0342. The molecule has 0 aromatic heterocycles. The number of phenols is 2. The van der Waals surface area contributed by atoms with E-state index in [0.29, 0.717) is 0 Å². The Morgan fingerprint density at radius 3 is 2.88 bits per heavy atom. The number of aromatic hydroxyl groups is 2. The molecule has 0 spiro atoms. The van der Waals surface area contributed by atoms with E-state index in [-0.39, 0.29) is 12.2 Å². The second-order valence-electron chi connectivity index (χ2n) is 2.96. The van der Waals surface area contributed by atoms with Crippen molar-refractivity contribution in [2.75, 3.05) is 6.61 Å². The fourth-order valence-electron chi connectivity index (χ4n) is 1.02. The van der Waals surface area contributed by atoms with E-state index in [2.05, 4.69) is 4.74 Å². The lowest BCUT2D eigenvalue weighted by Crippen LogP contribution is -2.34. The van der Waals surface area contributed by atoms with Crippen LogP contribution in [0, 0.1) is 0 Å². The van der Waals surface area contributed by atoms with E-state index in [0.717, 1.165) is 18.2 Å². The van der Waals surface area contributed by atoms with Gasteiger partial charge in [0.25, 0.3) is 0 Å². The van der Waals surface area contributed by atoms with Crippen molar-refractivity contribution in [2.24, 2.45) is 5.73 Å². The quantitative estimate of drug-likeness (QED) is 0.516. The zero-order valence-electron chi connectivity index (χ0n) is 11.7. The number of ether oxygens (including phenoxy) is 1. The third-order valence-electron chi connectivity index (χ3n) is 1.75. The Balaban J connectivity index is 3.21. The van der Waals surface area contributed by atoms with E-state index in [1.165, 1.54) is 6.92 Å². The Hall–Kier alpha value is -1.75. The molecule has 0 aliphatic carbocycles. The summed E-state index contributed by atoms with van der Waals surface area (Å²) >= 11 is 0. The second kappa shape index (κ2) is 5.37. The number of hydrogen-bond donors (Lipinski definition) is 3. The summed E-state index contributed by atoms with van der Waals surface area (Å²) in [6, 6.07) is 0.408. The first kappa shape index (κ1) is 8.41. The number of hydrogen-bond acceptors (Lipinski definition) is 5. The number of benzene rings is 1. The molecule has 0 amide bonds. The van der Waals surface area contributed by atoms with Gasteiger partial charge in [-0.1, -0.05) is 6.07 Å². The summed E-state index contributed by atoms with van der Waals surface area (Å²) in [5.41, 5.74) is 5.20. The predicted octanol–water partition coefficient (Wildman–Crippen LogP) is 0.531. The van der Waals surface area contributed by atoms with Crippen molar-refractivity contribution in [2.45, 2.75) is 19.3 Å². The zero-order chi connectivity index (χ0) is 14.8. The summed E-state index contributed by atoms with van der Waals surface area (Å²) in [5.74, 6) is -2.23. The minimum atomic E-state index is -2.67. The standard InChI is InChI=1S/C11H15NO4/c1-2-16-11(15)8(12)5-7-3-4-9(13)10(14)6-7/h3-4,6,8,13-14H,2,5,12H2,1H3/i5D2,8D. The highest BCUT2D eigenvalue weighted by Crippen LogP contribution is 2.25. The highest BCUT2D eigenvalue weighted by Gasteiger charge is 2.15. The minimum Gasteiger partial charge on any atom is -0.504 e. The summed E-state index contributed by atoms with van der Waals surface area (Å²) in [6.07, 6.45) is -2.61. The molecule has 1 rings (SSSR count). The van der Waals surface area contributed by atoms with Gasteiger partial charge in [0.1, 0.15) is 6.02 Å². The Bertz CT molecular complexity index is 491. The Kier molecular flexibility index (Phi) is 2.82. The lowest BCUT2D eigenvalue weighted by atomic mass is 10.1. The fourth-order valence-corrected chi connectivity index (χ4v) is 1.02. The predicted molar refractivity (Wildman–Crippen MR) is 58.1 cm³/mol. The van der Waals surface area contributed by atoms with Crippen molar-refractivity contribution in [1.29, 1.82) is 0 Å². The normalized spacial score (nSPS) is 17.8. The lowest BCUT2D eigenvalue weighted by molar-refractivity contribution is -0.144. The number of carbonyl (C=O) groups excluding carboxylic acids is 1. The van der Waals surface area contributed by atoms with Gasteiger partial charge in [-0.3, -0.25) is 4.79 Å². The molecule has 16 heavy (non-hydrogen) atoms. The molecule has 4 N–H and O–H groups in total. The molecular formula is C11H15NO4. The smallest absolute Gasteiger partial charge is 0.323 e. The van der Waals surface area contributed by atoms with Gasteiger partial charge in [-0.2, -0.15) is 0 Å². The van der Waals surface area contributed by atoms with Gasteiger partial charge in [0, 0.05) is 2.74 Å². The topological polar surface area (TPSA) is 92.8 Å². The van der Waals surface area contributed by atoms with Crippen LogP contribution in [0.5, 0.6) is 11.5 Å². The van der Waals surface area contributed by atoms with Gasteiger partial charge in [-0.25, -0.2) is 0 Å². The molecule has 1 aromatic rings. The Morgan fingerprint density at radius 2 is 2.31 bits per heavy atom. The van der Waals surface area contributed by atoms with Crippen LogP contribution in [0.25, 0.3) is 0 Å². The highest BCUT2D eigenvalue weighted by atomic mass is 16.5. The third kappa shape index (κ3) is 3.13. The number of rotatable bonds is 4. The zero-order valence-corrected chi connectivity index (χ0v) is 8.73. The van der Waals surface area contributed by atoms with Crippen LogP contribution in [0.1, 0.15) is 16.6 Å². The van der Waals surface area contributed by atoms with Gasteiger partial charge in [0.2, 0.25) is 0 Å². The van der Waals surface area contributed by atoms with Crippen LogP contribution in [-0.2, 0) is 15.9 Å². The summed E-state index contributed by atoms with van der Waals surface area (Å²) < 4.78 is 27.9. The molecule has 5 nitrogen and oxygen atoms in total. The van der Waals surface area contributed by atoms with Crippen LogP contribution in [0.4, 0.5) is 0 Å². The maximum Gasteiger partial charge on any atom is 0.323 e. The maximum atomic E-state index is 11.6. The van der Waals surface area contributed by atoms with Crippen LogP contribution in [0.2, 0.25) is 0 Å². The van der Waals surface area contributed by atoms with Gasteiger partial charge < -0.3 is 20.7 Å². The molecular weight excluding hydrogens is 210 g/mol. The second-order valence-corrected chi connectivity index (χ2v) is 2.96. The summed E-state index contributed by atoms with van der Waals surface area (Å²) in [4.78, 5) is 11.6. The summed E-state index contributed by atoms with van der Waals surface area (Å²) in [7, 11) is 0. The maximum absolute atomic E-state index is 11.6. The van der Waals surface area contributed by atoms with Crippen molar-refractivity contribution >= 4 is 5.97 Å². The van der Waals surface area contributed by atoms with Crippen molar-refractivity contribution in [1.82, 2.24) is 0 Å². The number of esters is 1. The van der Waals surface area contributed by atoms with Crippen LogP contribution in [0.15, 0.2) is 18.2 Å². The van der Waals surface area contributed by atoms with E-state index in [9.17, 15) is 9.90 Å². The van der Waals surface area contributed by atoms with Crippen LogP contribution in [0.3, 0.4) is 0 Å². The van der Waals surface area contributed by atoms with Gasteiger partial charge in [0.05, 0.1) is 7.98 Å². The van der Waals surface area contributed by atoms with Crippen LogP contribution < -0.4 is 5.73 Å². The first-order valence-corrected chi connectivity index (χ1v) is 4.63. The molecule has 1 atom stereocenters. The highest BCUT2D eigenvalue weighted by molar-refractivity contribution is 5.75. The van der Waals surface area contributed by atoms with Crippen molar-refractivity contribution < 1.29 is 23.9 Å². The number of carbonyl (C=O) groups is 1. The SMILES string of the molecule is [2H]C(N)(C(=O)OCC)C([2H])([2H])c1ccc(O)c(O)c1. The van der Waals surface area contributed by atoms with Crippen molar-refractivity contribution in [3.63, 3.8) is 0 Å². The van der Waals surface area contributed by atoms with Crippen LogP contribution >= 0.6 is 0 Å². The summed E-state index contributed by atoms with van der Waals surface area (Å²) in [5, 5.41) is 18.5. The molecule has 0 bridgehead atoms.